The molecule has 1 aromatic carbocycles. The Morgan fingerprint density at radius 2 is 1.48 bits per heavy atom. The van der Waals surface area contributed by atoms with E-state index in [-0.39, 0.29) is 12.1 Å². The van der Waals surface area contributed by atoms with Crippen LogP contribution in [0.1, 0.15) is 69.8 Å². The second-order valence-electron chi connectivity index (χ2n) is 7.50. The number of nitrogens with zero attached hydrogens (tertiary/aromatic N) is 2. The van der Waals surface area contributed by atoms with Gasteiger partial charge in [0, 0.05) is 6.04 Å². The summed E-state index contributed by atoms with van der Waals surface area (Å²) in [5.74, 6) is 0. The molecule has 4 nitrogen and oxygen atoms in total. The Hall–Kier alpha value is -1.36. The molecule has 0 atom stereocenters. The molecule has 2 aliphatic carbocycles. The summed E-state index contributed by atoms with van der Waals surface area (Å²) in [5, 5.41) is 0. The first kappa shape index (κ1) is 18.4. The van der Waals surface area contributed by atoms with E-state index < -0.39 is 10.0 Å². The minimum Gasteiger partial charge on any atom is -0.271 e. The zero-order chi connectivity index (χ0) is 17.7. The van der Waals surface area contributed by atoms with Crippen LogP contribution in [0.2, 0.25) is 0 Å². The van der Waals surface area contributed by atoms with Gasteiger partial charge in [-0.3, -0.25) is 9.30 Å². The molecule has 2 saturated carbocycles. The lowest BCUT2D eigenvalue weighted by atomic mass is 9.95. The fourth-order valence-corrected chi connectivity index (χ4v) is 5.42. The molecule has 0 spiro atoms. The van der Waals surface area contributed by atoms with Crippen molar-refractivity contribution in [3.05, 3.63) is 29.8 Å². The van der Waals surface area contributed by atoms with E-state index in [0.717, 1.165) is 44.1 Å². The maximum absolute atomic E-state index is 13.3. The van der Waals surface area contributed by atoms with E-state index >= 15 is 0 Å². The van der Waals surface area contributed by atoms with Gasteiger partial charge >= 0.3 is 0 Å². The average molecular weight is 363 g/mol. The summed E-state index contributed by atoms with van der Waals surface area (Å²) >= 11 is 0. The molecular weight excluding hydrogens is 332 g/mol. The molecule has 2 fully saturated rings. The predicted molar refractivity (Wildman–Crippen MR) is 102 cm³/mol. The van der Waals surface area contributed by atoms with Crippen molar-refractivity contribution in [1.82, 2.24) is 4.31 Å². The largest absolute Gasteiger partial charge is 0.271 e. The molecular formula is C20H30N2O2S. The van der Waals surface area contributed by atoms with E-state index in [1.165, 1.54) is 25.7 Å². The highest BCUT2D eigenvalue weighted by molar-refractivity contribution is 7.89. The van der Waals surface area contributed by atoms with E-state index in [1.807, 2.05) is 19.1 Å². The van der Waals surface area contributed by atoms with Crippen LogP contribution in [-0.4, -0.2) is 31.1 Å². The molecule has 1 aromatic rings. The van der Waals surface area contributed by atoms with Gasteiger partial charge in [-0.15, -0.1) is 0 Å². The zero-order valence-electron chi connectivity index (χ0n) is 15.2. The Bertz CT molecular complexity index is 670. The molecule has 138 valence electrons. The molecule has 0 bridgehead atoms. The van der Waals surface area contributed by atoms with Gasteiger partial charge in [-0.05, 0) is 44.7 Å². The normalized spacial score (nSPS) is 20.8. The van der Waals surface area contributed by atoms with Crippen LogP contribution >= 0.6 is 0 Å². The smallest absolute Gasteiger partial charge is 0.265 e. The fourth-order valence-electron chi connectivity index (χ4n) is 3.91. The molecule has 0 unspecified atom stereocenters. The maximum Gasteiger partial charge on any atom is 0.265 e. The van der Waals surface area contributed by atoms with Crippen LogP contribution in [0, 0.1) is 6.92 Å². The number of hydrogen-bond donors (Lipinski definition) is 0. The SMILES string of the molecule is Cc1ccc(S(=O)(=O)N(C=NC2CCCCC2)C2CCCCC2)cc1. The highest BCUT2D eigenvalue weighted by atomic mass is 32.2. The second-order valence-corrected chi connectivity index (χ2v) is 9.34. The second kappa shape index (κ2) is 8.35. The average Bonchev–Trinajstić information content (AvgIpc) is 2.64. The lowest BCUT2D eigenvalue weighted by Gasteiger charge is -2.32. The number of sulfonamides is 1. The molecule has 0 saturated heterocycles. The Balaban J connectivity index is 1.86. The number of hydrogen-bond acceptors (Lipinski definition) is 3. The predicted octanol–water partition coefficient (Wildman–Crippen LogP) is 4.68. The quantitative estimate of drug-likeness (QED) is 0.564. The van der Waals surface area contributed by atoms with Crippen LogP contribution in [0.25, 0.3) is 0 Å². The van der Waals surface area contributed by atoms with E-state index in [9.17, 15) is 8.42 Å². The van der Waals surface area contributed by atoms with Crippen molar-refractivity contribution in [1.29, 1.82) is 0 Å². The van der Waals surface area contributed by atoms with Crippen LogP contribution in [0.5, 0.6) is 0 Å². The van der Waals surface area contributed by atoms with Crippen LogP contribution in [-0.2, 0) is 10.0 Å². The zero-order valence-corrected chi connectivity index (χ0v) is 16.0. The van der Waals surface area contributed by atoms with Gasteiger partial charge in [0.05, 0.1) is 17.3 Å². The molecule has 0 radical (unpaired) electrons. The lowest BCUT2D eigenvalue weighted by Crippen LogP contribution is -2.40. The number of benzene rings is 1. The van der Waals surface area contributed by atoms with Crippen molar-refractivity contribution in [2.24, 2.45) is 4.99 Å². The van der Waals surface area contributed by atoms with E-state index in [1.54, 1.807) is 22.8 Å². The molecule has 25 heavy (non-hydrogen) atoms. The molecule has 0 aromatic heterocycles. The van der Waals surface area contributed by atoms with E-state index in [4.69, 9.17) is 0 Å². The molecule has 5 heteroatoms. The Morgan fingerprint density at radius 1 is 0.920 bits per heavy atom. The molecule has 2 aliphatic rings. The van der Waals surface area contributed by atoms with E-state index in [0.29, 0.717) is 4.90 Å². The van der Waals surface area contributed by atoms with Gasteiger partial charge in [0.25, 0.3) is 10.0 Å². The first-order valence-electron chi connectivity index (χ1n) is 9.71. The summed E-state index contributed by atoms with van der Waals surface area (Å²) in [6.45, 7) is 1.97. The van der Waals surface area contributed by atoms with Crippen LogP contribution in [0.4, 0.5) is 0 Å². The third-order valence-corrected chi connectivity index (χ3v) is 7.31. The van der Waals surface area contributed by atoms with Crippen LogP contribution < -0.4 is 0 Å². The minimum atomic E-state index is -3.53. The summed E-state index contributed by atoms with van der Waals surface area (Å²) in [7, 11) is -3.53. The first-order chi connectivity index (χ1) is 12.1. The molecule has 0 N–H and O–H groups in total. The maximum atomic E-state index is 13.3. The van der Waals surface area contributed by atoms with Crippen molar-refractivity contribution in [3.8, 4) is 0 Å². The minimum absolute atomic E-state index is 0.0485. The van der Waals surface area contributed by atoms with Crippen molar-refractivity contribution in [2.75, 3.05) is 0 Å². The third kappa shape index (κ3) is 4.63. The van der Waals surface area contributed by atoms with Crippen molar-refractivity contribution >= 4 is 16.4 Å². The summed E-state index contributed by atoms with van der Waals surface area (Å²) in [4.78, 5) is 5.06. The summed E-state index contributed by atoms with van der Waals surface area (Å²) < 4.78 is 28.1. The Labute approximate surface area is 152 Å². The monoisotopic (exact) mass is 362 g/mol. The lowest BCUT2D eigenvalue weighted by molar-refractivity contribution is 0.327. The summed E-state index contributed by atoms with van der Waals surface area (Å²) in [6.07, 6.45) is 12.8. The highest BCUT2D eigenvalue weighted by Crippen LogP contribution is 2.28. The van der Waals surface area contributed by atoms with Gasteiger partial charge in [0.15, 0.2) is 0 Å². The summed E-state index contributed by atoms with van der Waals surface area (Å²) in [5.41, 5.74) is 1.07. The molecule has 0 aliphatic heterocycles. The summed E-state index contributed by atoms with van der Waals surface area (Å²) in [6, 6.07) is 7.50. The number of rotatable bonds is 5. The van der Waals surface area contributed by atoms with Crippen LogP contribution in [0.3, 0.4) is 0 Å². The Morgan fingerprint density at radius 3 is 2.08 bits per heavy atom. The standard InChI is InChI=1S/C20H30N2O2S/c1-17-12-14-20(15-13-17)25(23,24)22(19-10-6-3-7-11-19)16-21-18-8-4-2-5-9-18/h12-16,18-19H,2-11H2,1H3. The van der Waals surface area contributed by atoms with Gasteiger partial charge in [0.2, 0.25) is 0 Å². The molecule has 0 amide bonds. The topological polar surface area (TPSA) is 49.7 Å². The van der Waals surface area contributed by atoms with Gasteiger partial charge in [-0.2, -0.15) is 0 Å². The third-order valence-electron chi connectivity index (χ3n) is 5.50. The van der Waals surface area contributed by atoms with Gasteiger partial charge in [-0.1, -0.05) is 56.2 Å². The van der Waals surface area contributed by atoms with E-state index in [2.05, 4.69) is 4.99 Å². The van der Waals surface area contributed by atoms with Crippen molar-refractivity contribution < 1.29 is 8.42 Å². The highest BCUT2D eigenvalue weighted by Gasteiger charge is 2.30. The van der Waals surface area contributed by atoms with Crippen LogP contribution in [0.15, 0.2) is 34.2 Å². The van der Waals surface area contributed by atoms with Crippen molar-refractivity contribution in [3.63, 3.8) is 0 Å². The molecule has 0 heterocycles. The van der Waals surface area contributed by atoms with Crippen molar-refractivity contribution in [2.45, 2.75) is 88.1 Å². The fraction of sp³-hybridized carbons (Fsp3) is 0.650. The number of aliphatic imine (C=N–C) groups is 1. The molecule has 3 rings (SSSR count). The number of aryl methyl sites for hydroxylation is 1. The van der Waals surface area contributed by atoms with Gasteiger partial charge < -0.3 is 0 Å². The van der Waals surface area contributed by atoms with Gasteiger partial charge in [-0.25, -0.2) is 8.42 Å². The first-order valence-corrected chi connectivity index (χ1v) is 11.1. The van der Waals surface area contributed by atoms with Gasteiger partial charge in [0.1, 0.15) is 0 Å². The Kier molecular flexibility index (Phi) is 6.15.